The van der Waals surface area contributed by atoms with Crippen LogP contribution in [0.15, 0.2) is 33.9 Å². The van der Waals surface area contributed by atoms with E-state index in [-0.39, 0.29) is 41.2 Å². The average Bonchev–Trinajstić information content (AvgIpc) is 3.31. The van der Waals surface area contributed by atoms with Crippen LogP contribution in [0.4, 0.5) is 0 Å². The van der Waals surface area contributed by atoms with Gasteiger partial charge >= 0.3 is 5.97 Å². The Morgan fingerprint density at radius 3 is 2.43 bits per heavy atom. The van der Waals surface area contributed by atoms with Crippen LogP contribution in [-0.4, -0.2) is 35.6 Å². The Hall–Kier alpha value is -2.48. The third-order valence-electron chi connectivity index (χ3n) is 5.38. The number of nitrogens with zero attached hydrogens (tertiary/aromatic N) is 2. The number of carbonyl (C=O) groups is 3. The Morgan fingerprint density at radius 1 is 1.21 bits per heavy atom. The lowest BCUT2D eigenvalue weighted by molar-refractivity contribution is -0.140. The molecule has 1 saturated carbocycles. The van der Waals surface area contributed by atoms with Gasteiger partial charge in [-0.25, -0.2) is 0 Å². The Kier molecular flexibility index (Phi) is 4.82. The van der Waals surface area contributed by atoms with E-state index in [9.17, 15) is 14.4 Å². The van der Waals surface area contributed by atoms with E-state index < -0.39 is 5.97 Å². The zero-order chi connectivity index (χ0) is 20.0. The van der Waals surface area contributed by atoms with Crippen LogP contribution in [0, 0.1) is 23.7 Å². The topological polar surface area (TPSA) is 85.3 Å². The molecule has 2 amide bonds. The lowest BCUT2D eigenvalue weighted by atomic mass is 9.85. The number of esters is 1. The largest absolute Gasteiger partial charge is 0.490 e. The van der Waals surface area contributed by atoms with Crippen LogP contribution in [0.5, 0.6) is 11.5 Å². The molecule has 4 atom stereocenters. The number of benzene rings is 1. The molecule has 1 aromatic carbocycles. The highest BCUT2D eigenvalue weighted by molar-refractivity contribution is 9.10. The van der Waals surface area contributed by atoms with Crippen molar-refractivity contribution < 1.29 is 23.9 Å². The summed E-state index contributed by atoms with van der Waals surface area (Å²) in [5.41, 5.74) is 0.595. The average molecular weight is 447 g/mol. The molecule has 2 bridgehead atoms. The number of amides is 2. The van der Waals surface area contributed by atoms with Gasteiger partial charge in [-0.1, -0.05) is 12.2 Å². The van der Waals surface area contributed by atoms with Gasteiger partial charge in [0.15, 0.2) is 11.5 Å². The van der Waals surface area contributed by atoms with Gasteiger partial charge in [-0.15, -0.1) is 0 Å². The van der Waals surface area contributed by atoms with Crippen LogP contribution in [0.2, 0.25) is 0 Å². The lowest BCUT2D eigenvalue weighted by Crippen LogP contribution is -2.28. The second-order valence-electron chi connectivity index (χ2n) is 7.08. The van der Waals surface area contributed by atoms with Gasteiger partial charge in [0.25, 0.3) is 11.8 Å². The first-order valence-corrected chi connectivity index (χ1v) is 9.95. The summed E-state index contributed by atoms with van der Waals surface area (Å²) in [7, 11) is 0. The van der Waals surface area contributed by atoms with Gasteiger partial charge in [0.05, 0.1) is 24.7 Å². The van der Waals surface area contributed by atoms with Crippen molar-refractivity contribution >= 4 is 39.9 Å². The van der Waals surface area contributed by atoms with E-state index in [2.05, 4.69) is 21.0 Å². The number of allylic oxidation sites excluding steroid dienone is 2. The van der Waals surface area contributed by atoms with E-state index in [0.717, 1.165) is 11.4 Å². The second-order valence-corrected chi connectivity index (χ2v) is 7.93. The summed E-state index contributed by atoms with van der Waals surface area (Å²) < 4.78 is 11.3. The maximum atomic E-state index is 12.7. The molecular formula is C20H19BrN2O5. The molecule has 28 heavy (non-hydrogen) atoms. The van der Waals surface area contributed by atoms with Gasteiger partial charge in [-0.2, -0.15) is 10.1 Å². The van der Waals surface area contributed by atoms with Crippen molar-refractivity contribution in [3.05, 3.63) is 34.3 Å². The number of ether oxygens (including phenoxy) is 2. The third-order valence-corrected chi connectivity index (χ3v) is 6.06. The second kappa shape index (κ2) is 7.16. The normalized spacial score (nSPS) is 27.8. The van der Waals surface area contributed by atoms with Crippen LogP contribution in [0.1, 0.15) is 25.8 Å². The molecule has 7 nitrogen and oxygen atoms in total. The molecule has 2 aliphatic carbocycles. The molecule has 1 aliphatic heterocycles. The molecule has 146 valence electrons. The van der Waals surface area contributed by atoms with Gasteiger partial charge in [0.2, 0.25) is 0 Å². The third kappa shape index (κ3) is 3.05. The maximum absolute atomic E-state index is 12.7. The quantitative estimate of drug-likeness (QED) is 0.228. The van der Waals surface area contributed by atoms with Crippen LogP contribution >= 0.6 is 15.9 Å². The monoisotopic (exact) mass is 446 g/mol. The smallest absolute Gasteiger partial charge is 0.308 e. The number of hydrogen-bond acceptors (Lipinski definition) is 6. The Balaban J connectivity index is 1.59. The minimum Gasteiger partial charge on any atom is -0.490 e. The number of hydrogen-bond donors (Lipinski definition) is 0. The van der Waals surface area contributed by atoms with Gasteiger partial charge in [0, 0.05) is 17.0 Å². The van der Waals surface area contributed by atoms with Gasteiger partial charge in [0.1, 0.15) is 0 Å². The summed E-state index contributed by atoms with van der Waals surface area (Å²) in [4.78, 5) is 36.7. The van der Waals surface area contributed by atoms with Crippen molar-refractivity contribution in [3.8, 4) is 11.5 Å². The highest BCUT2D eigenvalue weighted by Crippen LogP contribution is 2.52. The summed E-state index contributed by atoms with van der Waals surface area (Å²) in [6.07, 6.45) is 6.41. The molecule has 0 spiro atoms. The lowest BCUT2D eigenvalue weighted by Gasteiger charge is -2.13. The van der Waals surface area contributed by atoms with Crippen LogP contribution in [-0.2, 0) is 14.4 Å². The molecule has 2 fully saturated rings. The summed E-state index contributed by atoms with van der Waals surface area (Å²) in [5, 5.41) is 5.17. The molecule has 4 rings (SSSR count). The van der Waals surface area contributed by atoms with E-state index in [1.165, 1.54) is 13.1 Å². The fourth-order valence-electron chi connectivity index (χ4n) is 4.27. The Bertz CT molecular complexity index is 895. The zero-order valence-electron chi connectivity index (χ0n) is 15.4. The van der Waals surface area contributed by atoms with Gasteiger partial charge in [-0.3, -0.25) is 14.4 Å². The molecule has 8 heteroatoms. The Morgan fingerprint density at radius 2 is 1.86 bits per heavy atom. The van der Waals surface area contributed by atoms with E-state index in [1.54, 1.807) is 12.1 Å². The standard InChI is InChI=1S/C20H19BrN2O5/c1-3-27-15-7-13(14(21)8-16(15)28-10(2)24)9-22-23-19(25)17-11-4-5-12(6-11)18(17)20(23)26/h4-5,7-9,11-12,17-18H,3,6H2,1-2H3. The van der Waals surface area contributed by atoms with E-state index in [1.807, 2.05) is 19.1 Å². The maximum Gasteiger partial charge on any atom is 0.308 e. The van der Waals surface area contributed by atoms with Crippen molar-refractivity contribution in [3.63, 3.8) is 0 Å². The van der Waals surface area contributed by atoms with Crippen LogP contribution in [0.25, 0.3) is 0 Å². The molecule has 3 aliphatic rings. The minimum atomic E-state index is -0.461. The van der Waals surface area contributed by atoms with Crippen LogP contribution in [0.3, 0.4) is 0 Å². The number of carbonyl (C=O) groups excluding carboxylic acids is 3. The van der Waals surface area contributed by atoms with Gasteiger partial charge < -0.3 is 9.47 Å². The molecule has 0 radical (unpaired) electrons. The molecule has 1 aromatic rings. The number of imide groups is 1. The van der Waals surface area contributed by atoms with Crippen molar-refractivity contribution in [2.24, 2.45) is 28.8 Å². The van der Waals surface area contributed by atoms with Crippen molar-refractivity contribution in [1.29, 1.82) is 0 Å². The summed E-state index contributed by atoms with van der Waals surface area (Å²) >= 11 is 3.40. The summed E-state index contributed by atoms with van der Waals surface area (Å²) in [6.45, 7) is 3.51. The zero-order valence-corrected chi connectivity index (χ0v) is 17.0. The van der Waals surface area contributed by atoms with Crippen molar-refractivity contribution in [2.45, 2.75) is 20.3 Å². The number of hydrazone groups is 1. The predicted octanol–water partition coefficient (Wildman–Crippen LogP) is 2.91. The predicted molar refractivity (Wildman–Crippen MR) is 104 cm³/mol. The molecule has 4 unspecified atom stereocenters. The fraction of sp³-hybridized carbons (Fsp3) is 0.400. The summed E-state index contributed by atoms with van der Waals surface area (Å²) in [6, 6.07) is 3.24. The molecule has 0 aromatic heterocycles. The van der Waals surface area contributed by atoms with Crippen molar-refractivity contribution in [1.82, 2.24) is 5.01 Å². The van der Waals surface area contributed by atoms with Crippen LogP contribution < -0.4 is 9.47 Å². The molecule has 1 heterocycles. The highest BCUT2D eigenvalue weighted by Gasteiger charge is 2.59. The fourth-order valence-corrected chi connectivity index (χ4v) is 4.70. The Labute approximate surface area is 170 Å². The summed E-state index contributed by atoms with van der Waals surface area (Å²) in [5.74, 6) is -0.554. The number of halogens is 1. The first-order valence-electron chi connectivity index (χ1n) is 9.15. The first kappa shape index (κ1) is 18.9. The number of rotatable bonds is 5. The SMILES string of the molecule is CCOc1cc(C=NN2C(=O)C3C4C=CC(C4)C3C2=O)c(Br)cc1OC(C)=O. The van der Waals surface area contributed by atoms with Crippen molar-refractivity contribution in [2.75, 3.05) is 6.61 Å². The van der Waals surface area contributed by atoms with E-state index in [4.69, 9.17) is 9.47 Å². The molecule has 0 N–H and O–H groups in total. The number of fused-ring (bicyclic) bond motifs is 5. The first-order chi connectivity index (χ1) is 13.4. The van der Waals surface area contributed by atoms with E-state index in [0.29, 0.717) is 22.4 Å². The van der Waals surface area contributed by atoms with Gasteiger partial charge in [-0.05, 0) is 53.2 Å². The molecule has 1 saturated heterocycles. The minimum absolute atomic E-state index is 0.144. The van der Waals surface area contributed by atoms with E-state index >= 15 is 0 Å². The molecular weight excluding hydrogens is 428 g/mol. The highest BCUT2D eigenvalue weighted by atomic mass is 79.9.